The van der Waals surface area contributed by atoms with E-state index in [9.17, 15) is 9.90 Å². The van der Waals surface area contributed by atoms with Gasteiger partial charge in [0.2, 0.25) is 0 Å². The molecule has 0 bridgehead atoms. The zero-order valence-corrected chi connectivity index (χ0v) is 25.8. The van der Waals surface area contributed by atoms with Gasteiger partial charge in [-0.3, -0.25) is 9.69 Å². The fourth-order valence-corrected chi connectivity index (χ4v) is 7.01. The van der Waals surface area contributed by atoms with E-state index in [1.807, 2.05) is 60.7 Å². The minimum atomic E-state index is -0.985. The molecule has 8 rings (SSSR count). The molecule has 3 aromatic carbocycles. The van der Waals surface area contributed by atoms with E-state index < -0.39 is 12.5 Å². The third-order valence-electron chi connectivity index (χ3n) is 9.51. The maximum absolute atomic E-state index is 12.8. The first-order chi connectivity index (χ1) is 23.0. The minimum Gasteiger partial charge on any atom is -0.457 e. The van der Waals surface area contributed by atoms with Crippen molar-refractivity contribution in [3.8, 4) is 22.6 Å². The number of carbonyl (C=O) groups is 1. The molecule has 0 aliphatic carbocycles. The molecule has 0 saturated carbocycles. The van der Waals surface area contributed by atoms with E-state index in [2.05, 4.69) is 25.6 Å². The monoisotopic (exact) mass is 632 g/mol. The molecule has 0 spiro atoms. The number of nitrogens with zero attached hydrogens (tertiary/aromatic N) is 5. The Labute approximate surface area is 272 Å². The topological polar surface area (TPSA) is 128 Å². The zero-order valence-electron chi connectivity index (χ0n) is 25.8. The van der Waals surface area contributed by atoms with Crippen molar-refractivity contribution < 1.29 is 24.1 Å². The molecule has 3 aliphatic heterocycles. The maximum atomic E-state index is 12.8. The largest absolute Gasteiger partial charge is 0.457 e. The van der Waals surface area contributed by atoms with Crippen molar-refractivity contribution in [2.24, 2.45) is 0 Å². The van der Waals surface area contributed by atoms with Crippen molar-refractivity contribution >= 4 is 22.8 Å². The SMILES string of the molecule is Nc1ncnc2c1c(-c1ccc(Oc3ccccc3)cc1)cn2C1CCN(C2COC(CN3C(=O)c4ccccc4C3O)OC2)CC1. The van der Waals surface area contributed by atoms with Gasteiger partial charge in [-0.25, -0.2) is 9.97 Å². The number of benzene rings is 3. The van der Waals surface area contributed by atoms with Gasteiger partial charge in [0, 0.05) is 42.0 Å². The van der Waals surface area contributed by atoms with Crippen molar-refractivity contribution in [2.75, 3.05) is 38.6 Å². The lowest BCUT2D eigenvalue weighted by atomic mass is 10.0. The van der Waals surface area contributed by atoms with Crippen LogP contribution in [0.15, 0.2) is 91.4 Å². The summed E-state index contributed by atoms with van der Waals surface area (Å²) in [5, 5.41) is 11.5. The molecule has 47 heavy (non-hydrogen) atoms. The van der Waals surface area contributed by atoms with Crippen molar-refractivity contribution in [3.63, 3.8) is 0 Å². The number of fused-ring (bicyclic) bond motifs is 2. The molecular formula is C36H36N6O5. The molecule has 2 aromatic heterocycles. The summed E-state index contributed by atoms with van der Waals surface area (Å²) in [5.74, 6) is 1.81. The molecule has 1 amide bonds. The highest BCUT2D eigenvalue weighted by Gasteiger charge is 2.38. The van der Waals surface area contributed by atoms with Crippen molar-refractivity contribution in [2.45, 2.75) is 37.4 Å². The molecule has 240 valence electrons. The van der Waals surface area contributed by atoms with Crippen LogP contribution in [0.2, 0.25) is 0 Å². The van der Waals surface area contributed by atoms with Gasteiger partial charge in [-0.2, -0.15) is 0 Å². The van der Waals surface area contributed by atoms with Crippen LogP contribution in [0, 0.1) is 0 Å². The Kier molecular flexibility index (Phi) is 7.82. The Morgan fingerprint density at radius 1 is 0.851 bits per heavy atom. The number of carbonyl (C=O) groups excluding carboxylic acids is 1. The van der Waals surface area contributed by atoms with Crippen LogP contribution in [0.3, 0.4) is 0 Å². The molecule has 2 saturated heterocycles. The third kappa shape index (κ3) is 5.61. The number of anilines is 1. The predicted octanol–water partition coefficient (Wildman–Crippen LogP) is 5.00. The molecular weight excluding hydrogens is 596 g/mol. The van der Waals surface area contributed by atoms with Gasteiger partial charge >= 0.3 is 0 Å². The van der Waals surface area contributed by atoms with E-state index in [1.54, 1.807) is 18.2 Å². The van der Waals surface area contributed by atoms with E-state index in [-0.39, 0.29) is 24.5 Å². The number of hydrogen-bond acceptors (Lipinski definition) is 9. The molecule has 11 nitrogen and oxygen atoms in total. The number of piperidine rings is 1. The van der Waals surface area contributed by atoms with Crippen LogP contribution in [-0.4, -0.2) is 80.5 Å². The molecule has 11 heteroatoms. The number of nitrogens with two attached hydrogens (primary N) is 1. The van der Waals surface area contributed by atoms with Crippen LogP contribution < -0.4 is 10.5 Å². The number of hydrogen-bond donors (Lipinski definition) is 2. The normalized spacial score (nSPS) is 22.1. The van der Waals surface area contributed by atoms with Gasteiger partial charge in [0.15, 0.2) is 12.5 Å². The highest BCUT2D eigenvalue weighted by Crippen LogP contribution is 2.38. The Morgan fingerprint density at radius 2 is 1.55 bits per heavy atom. The molecule has 1 unspecified atom stereocenters. The van der Waals surface area contributed by atoms with Crippen LogP contribution >= 0.6 is 0 Å². The minimum absolute atomic E-state index is 0.121. The quantitative estimate of drug-likeness (QED) is 0.255. The fraction of sp³-hybridized carbons (Fsp3) is 0.306. The van der Waals surface area contributed by atoms with E-state index in [0.717, 1.165) is 59.6 Å². The standard InChI is InChI=1S/C36H36N6O5/c37-33-32-30(23-10-12-27(13-11-23)47-26-6-2-1-3-7-26)18-41(34(32)39-22-38-33)24-14-16-40(17-15-24)25-20-45-31(46-21-25)19-42-35(43)28-8-4-5-9-29(28)36(42)44/h1-13,18,22,24-25,31,35,43H,14-17,19-21H2,(H2,37,38,39). The summed E-state index contributed by atoms with van der Waals surface area (Å²) in [4.78, 5) is 25.6. The van der Waals surface area contributed by atoms with Crippen LogP contribution in [0.5, 0.6) is 11.5 Å². The Hall–Kier alpha value is -4.81. The summed E-state index contributed by atoms with van der Waals surface area (Å²) in [7, 11) is 0. The van der Waals surface area contributed by atoms with E-state index in [0.29, 0.717) is 30.2 Å². The Balaban J connectivity index is 0.908. The van der Waals surface area contributed by atoms with Crippen LogP contribution in [0.25, 0.3) is 22.2 Å². The molecule has 1 atom stereocenters. The lowest BCUT2D eigenvalue weighted by Gasteiger charge is -2.41. The van der Waals surface area contributed by atoms with E-state index in [4.69, 9.17) is 19.9 Å². The van der Waals surface area contributed by atoms with E-state index >= 15 is 0 Å². The van der Waals surface area contributed by atoms with Gasteiger partial charge in [0.25, 0.3) is 5.91 Å². The Bertz CT molecular complexity index is 1880. The maximum Gasteiger partial charge on any atom is 0.256 e. The number of para-hydroxylation sites is 1. The van der Waals surface area contributed by atoms with Crippen molar-refractivity contribution in [1.29, 1.82) is 0 Å². The summed E-state index contributed by atoms with van der Waals surface area (Å²) >= 11 is 0. The first-order valence-electron chi connectivity index (χ1n) is 16.0. The number of aliphatic hydroxyl groups is 1. The summed E-state index contributed by atoms with van der Waals surface area (Å²) in [6, 6.07) is 25.2. The second-order valence-electron chi connectivity index (χ2n) is 12.3. The number of ether oxygens (including phenoxy) is 3. The zero-order chi connectivity index (χ0) is 31.9. The summed E-state index contributed by atoms with van der Waals surface area (Å²) in [5.41, 5.74) is 10.4. The van der Waals surface area contributed by atoms with Gasteiger partial charge in [0.05, 0.1) is 31.2 Å². The second-order valence-corrected chi connectivity index (χ2v) is 12.3. The summed E-state index contributed by atoms with van der Waals surface area (Å²) < 4.78 is 20.4. The first-order valence-corrected chi connectivity index (χ1v) is 16.0. The number of aromatic nitrogens is 3. The molecule has 0 radical (unpaired) electrons. The van der Waals surface area contributed by atoms with Crippen molar-refractivity contribution in [1.82, 2.24) is 24.3 Å². The lowest BCUT2D eigenvalue weighted by Crippen LogP contribution is -2.52. The van der Waals surface area contributed by atoms with Gasteiger partial charge in [-0.05, 0) is 48.7 Å². The van der Waals surface area contributed by atoms with Gasteiger partial charge in [0.1, 0.15) is 29.3 Å². The third-order valence-corrected chi connectivity index (χ3v) is 9.51. The Morgan fingerprint density at radius 3 is 2.30 bits per heavy atom. The van der Waals surface area contributed by atoms with Crippen LogP contribution in [0.1, 0.15) is 41.0 Å². The number of likely N-dealkylation sites (tertiary alicyclic amines) is 1. The predicted molar refractivity (Wildman–Crippen MR) is 176 cm³/mol. The fourth-order valence-electron chi connectivity index (χ4n) is 7.01. The van der Waals surface area contributed by atoms with Crippen molar-refractivity contribution in [3.05, 3.63) is 103 Å². The summed E-state index contributed by atoms with van der Waals surface area (Å²) in [6.07, 6.45) is 4.00. The molecule has 3 aliphatic rings. The average molecular weight is 633 g/mol. The summed E-state index contributed by atoms with van der Waals surface area (Å²) in [6.45, 7) is 2.95. The highest BCUT2D eigenvalue weighted by atomic mass is 16.7. The lowest BCUT2D eigenvalue weighted by molar-refractivity contribution is -0.215. The number of rotatable bonds is 7. The average Bonchev–Trinajstić information content (AvgIpc) is 3.62. The van der Waals surface area contributed by atoms with Crippen LogP contribution in [0.4, 0.5) is 5.82 Å². The van der Waals surface area contributed by atoms with Gasteiger partial charge in [-0.15, -0.1) is 0 Å². The number of amides is 1. The number of aliphatic hydroxyl groups excluding tert-OH is 1. The number of nitrogen functional groups attached to an aromatic ring is 1. The van der Waals surface area contributed by atoms with Gasteiger partial charge in [-0.1, -0.05) is 48.5 Å². The smallest absolute Gasteiger partial charge is 0.256 e. The second kappa shape index (κ2) is 12.4. The van der Waals surface area contributed by atoms with Crippen LogP contribution in [-0.2, 0) is 9.47 Å². The van der Waals surface area contributed by atoms with E-state index in [1.165, 1.54) is 11.2 Å². The highest BCUT2D eigenvalue weighted by molar-refractivity contribution is 6.01. The molecule has 2 fully saturated rings. The van der Waals surface area contributed by atoms with Gasteiger partial charge < -0.3 is 34.5 Å². The first kappa shape index (κ1) is 29.6. The molecule has 5 aromatic rings. The molecule has 5 heterocycles. The molecule has 3 N–H and O–H groups in total.